The van der Waals surface area contributed by atoms with Crippen LogP contribution in [0.5, 0.6) is 0 Å². The fourth-order valence-corrected chi connectivity index (χ4v) is 1.82. The van der Waals surface area contributed by atoms with E-state index in [0.29, 0.717) is 5.69 Å². The Kier molecular flexibility index (Phi) is 3.89. The van der Waals surface area contributed by atoms with Crippen LogP contribution >= 0.6 is 0 Å². The van der Waals surface area contributed by atoms with Gasteiger partial charge >= 0.3 is 6.18 Å². The van der Waals surface area contributed by atoms with Crippen molar-refractivity contribution in [1.29, 1.82) is 5.26 Å². The maximum atomic E-state index is 12.6. The molecule has 3 heterocycles. The molecule has 0 saturated carbocycles. The van der Waals surface area contributed by atoms with Crippen molar-refractivity contribution < 1.29 is 13.2 Å². The van der Waals surface area contributed by atoms with Gasteiger partial charge in [-0.05, 0) is 18.2 Å². The highest BCUT2D eigenvalue weighted by atomic mass is 19.4. The van der Waals surface area contributed by atoms with Crippen molar-refractivity contribution in [2.45, 2.75) is 6.18 Å². The van der Waals surface area contributed by atoms with Crippen LogP contribution in [0.25, 0.3) is 5.95 Å². The van der Waals surface area contributed by atoms with Crippen LogP contribution in [0, 0.1) is 11.3 Å². The molecule has 3 aromatic rings. The average molecular weight is 347 g/mol. The van der Waals surface area contributed by atoms with Crippen LogP contribution in [0.2, 0.25) is 0 Å². The normalized spacial score (nSPS) is 11.1. The summed E-state index contributed by atoms with van der Waals surface area (Å²) in [6, 6.07) is 5.65. The lowest BCUT2D eigenvalue weighted by molar-refractivity contribution is -0.141. The first kappa shape index (κ1) is 16.1. The molecule has 0 saturated heterocycles. The van der Waals surface area contributed by atoms with Gasteiger partial charge in [0.25, 0.3) is 5.95 Å². The van der Waals surface area contributed by atoms with Crippen molar-refractivity contribution in [2.75, 3.05) is 11.1 Å². The molecule has 12 heteroatoms. The van der Waals surface area contributed by atoms with Gasteiger partial charge in [0.15, 0.2) is 5.69 Å². The van der Waals surface area contributed by atoms with Gasteiger partial charge in [-0.15, -0.1) is 0 Å². The van der Waals surface area contributed by atoms with Gasteiger partial charge in [0, 0.05) is 18.1 Å². The summed E-state index contributed by atoms with van der Waals surface area (Å²) in [7, 11) is 0. The van der Waals surface area contributed by atoms with Crippen molar-refractivity contribution in [3.63, 3.8) is 0 Å². The highest BCUT2D eigenvalue weighted by Gasteiger charge is 2.33. The standard InChI is InChI=1S/C13H8F3N9/c14-13(15,16)9-2-4-25(24-9)12-22-10(18)21-11(23-12)20-7-1-3-19-8(5-7)6-17/h1-5H,(H3,18,19,20,21,22,23). The van der Waals surface area contributed by atoms with Crippen molar-refractivity contribution >= 4 is 17.6 Å². The smallest absolute Gasteiger partial charge is 0.368 e. The number of anilines is 3. The molecule has 0 atom stereocenters. The Bertz CT molecular complexity index is 958. The lowest BCUT2D eigenvalue weighted by Crippen LogP contribution is -2.11. The number of halogens is 3. The summed E-state index contributed by atoms with van der Waals surface area (Å²) in [5.41, 5.74) is 5.09. The zero-order valence-electron chi connectivity index (χ0n) is 12.2. The second-order valence-corrected chi connectivity index (χ2v) is 4.63. The number of aromatic nitrogens is 6. The number of nitrogen functional groups attached to an aromatic ring is 1. The van der Waals surface area contributed by atoms with Gasteiger partial charge in [-0.3, -0.25) is 0 Å². The van der Waals surface area contributed by atoms with Crippen LogP contribution in [0.1, 0.15) is 11.4 Å². The number of hydrogen-bond acceptors (Lipinski definition) is 8. The largest absolute Gasteiger partial charge is 0.435 e. The van der Waals surface area contributed by atoms with Gasteiger partial charge < -0.3 is 11.1 Å². The van der Waals surface area contributed by atoms with E-state index in [0.717, 1.165) is 16.9 Å². The maximum absolute atomic E-state index is 12.6. The molecular formula is C13H8F3N9. The number of alkyl halides is 3. The predicted octanol–water partition coefficient (Wildman–Crippen LogP) is 1.67. The van der Waals surface area contributed by atoms with E-state index in [-0.39, 0.29) is 23.5 Å². The number of rotatable bonds is 3. The summed E-state index contributed by atoms with van der Waals surface area (Å²) in [6.45, 7) is 0. The van der Waals surface area contributed by atoms with Gasteiger partial charge in [0.05, 0.1) is 0 Å². The minimum atomic E-state index is -4.59. The third-order valence-electron chi connectivity index (χ3n) is 2.86. The summed E-state index contributed by atoms with van der Waals surface area (Å²) in [5, 5.41) is 15.0. The van der Waals surface area contributed by atoms with E-state index in [1.165, 1.54) is 12.3 Å². The molecular weight excluding hydrogens is 339 g/mol. The average Bonchev–Trinajstić information content (AvgIpc) is 3.05. The van der Waals surface area contributed by atoms with E-state index in [9.17, 15) is 13.2 Å². The molecule has 0 spiro atoms. The Balaban J connectivity index is 1.93. The Labute approximate surface area is 138 Å². The second kappa shape index (κ2) is 6.04. The fraction of sp³-hybridized carbons (Fsp3) is 0.0769. The van der Waals surface area contributed by atoms with Crippen LogP contribution in [0.15, 0.2) is 30.6 Å². The topological polar surface area (TPSA) is 131 Å². The van der Waals surface area contributed by atoms with Gasteiger partial charge in [-0.25, -0.2) is 9.67 Å². The Morgan fingerprint density at radius 2 is 2.00 bits per heavy atom. The van der Waals surface area contributed by atoms with E-state index in [4.69, 9.17) is 11.0 Å². The monoisotopic (exact) mass is 347 g/mol. The molecule has 0 fully saturated rings. The number of pyridine rings is 1. The van der Waals surface area contributed by atoms with Crippen LogP contribution in [-0.2, 0) is 6.18 Å². The van der Waals surface area contributed by atoms with E-state index in [1.807, 2.05) is 6.07 Å². The van der Waals surface area contributed by atoms with Crippen molar-refractivity contribution in [3.05, 3.63) is 42.0 Å². The van der Waals surface area contributed by atoms with Gasteiger partial charge in [0.1, 0.15) is 11.8 Å². The molecule has 0 amide bonds. The molecule has 0 aromatic carbocycles. The summed E-state index contributed by atoms with van der Waals surface area (Å²) in [5.74, 6) is -0.437. The van der Waals surface area contributed by atoms with E-state index < -0.39 is 11.9 Å². The SMILES string of the molecule is N#Cc1cc(Nc2nc(N)nc(-n3ccc(C(F)(F)F)n3)n2)ccn1. The summed E-state index contributed by atoms with van der Waals surface area (Å²) < 4.78 is 38.7. The zero-order valence-corrected chi connectivity index (χ0v) is 12.2. The molecule has 0 unspecified atom stereocenters. The molecule has 0 bridgehead atoms. The molecule has 126 valence electrons. The second-order valence-electron chi connectivity index (χ2n) is 4.63. The molecule has 3 rings (SSSR count). The molecule has 0 aliphatic heterocycles. The highest BCUT2D eigenvalue weighted by Crippen LogP contribution is 2.27. The number of nitrogens with two attached hydrogens (primary N) is 1. The first-order valence-corrected chi connectivity index (χ1v) is 6.63. The Hall–Kier alpha value is -3.75. The number of nitrogens with one attached hydrogen (secondary N) is 1. The summed E-state index contributed by atoms with van der Waals surface area (Å²) >= 11 is 0. The van der Waals surface area contributed by atoms with Crippen molar-refractivity contribution in [2.24, 2.45) is 0 Å². The summed E-state index contributed by atoms with van der Waals surface area (Å²) in [6.07, 6.45) is -2.13. The molecule has 0 aliphatic rings. The van der Waals surface area contributed by atoms with Gasteiger partial charge in [-0.2, -0.15) is 38.5 Å². The Morgan fingerprint density at radius 3 is 2.68 bits per heavy atom. The number of nitriles is 1. The van der Waals surface area contributed by atoms with Crippen LogP contribution in [-0.4, -0.2) is 29.7 Å². The quantitative estimate of drug-likeness (QED) is 0.731. The fourth-order valence-electron chi connectivity index (χ4n) is 1.82. The third-order valence-corrected chi connectivity index (χ3v) is 2.86. The first-order valence-electron chi connectivity index (χ1n) is 6.63. The molecule has 3 N–H and O–H groups in total. The first-order chi connectivity index (χ1) is 11.8. The van der Waals surface area contributed by atoms with Gasteiger partial charge in [0.2, 0.25) is 11.9 Å². The van der Waals surface area contributed by atoms with Crippen molar-refractivity contribution in [3.8, 4) is 12.0 Å². The van der Waals surface area contributed by atoms with Gasteiger partial charge in [-0.1, -0.05) is 0 Å². The molecule has 3 aromatic heterocycles. The third kappa shape index (κ3) is 3.61. The molecule has 0 radical (unpaired) electrons. The summed E-state index contributed by atoms with van der Waals surface area (Å²) in [4.78, 5) is 15.4. The number of nitrogens with zero attached hydrogens (tertiary/aromatic N) is 7. The van der Waals surface area contributed by atoms with Crippen LogP contribution in [0.4, 0.5) is 30.8 Å². The Morgan fingerprint density at radius 1 is 1.20 bits per heavy atom. The maximum Gasteiger partial charge on any atom is 0.435 e. The molecule has 25 heavy (non-hydrogen) atoms. The minimum absolute atomic E-state index is 0.0263. The minimum Gasteiger partial charge on any atom is -0.368 e. The lowest BCUT2D eigenvalue weighted by Gasteiger charge is -2.07. The highest BCUT2D eigenvalue weighted by molar-refractivity contribution is 5.55. The van der Waals surface area contributed by atoms with E-state index in [1.54, 1.807) is 6.07 Å². The number of hydrogen-bond donors (Lipinski definition) is 2. The predicted molar refractivity (Wildman–Crippen MR) is 78.6 cm³/mol. The molecule has 9 nitrogen and oxygen atoms in total. The van der Waals surface area contributed by atoms with Crippen LogP contribution < -0.4 is 11.1 Å². The van der Waals surface area contributed by atoms with Crippen LogP contribution in [0.3, 0.4) is 0 Å². The zero-order chi connectivity index (χ0) is 18.0. The molecule has 0 aliphatic carbocycles. The van der Waals surface area contributed by atoms with E-state index >= 15 is 0 Å². The lowest BCUT2D eigenvalue weighted by atomic mass is 10.3. The van der Waals surface area contributed by atoms with Crippen molar-refractivity contribution in [1.82, 2.24) is 29.7 Å². The van der Waals surface area contributed by atoms with E-state index in [2.05, 4.69) is 30.4 Å².